The van der Waals surface area contributed by atoms with Crippen molar-refractivity contribution in [3.63, 3.8) is 0 Å². The average molecular weight is 155 g/mol. The third-order valence-electron chi connectivity index (χ3n) is 1.20. The lowest BCUT2D eigenvalue weighted by atomic mass is 10.5. The van der Waals surface area contributed by atoms with Crippen molar-refractivity contribution in [2.45, 2.75) is 13.3 Å². The lowest BCUT2D eigenvalue weighted by molar-refractivity contribution is 0.0950. The van der Waals surface area contributed by atoms with E-state index >= 15 is 0 Å². The topological polar surface area (TPSA) is 68.0 Å². The van der Waals surface area contributed by atoms with Crippen LogP contribution >= 0.6 is 0 Å². The third kappa shape index (κ3) is 1.54. The summed E-state index contributed by atoms with van der Waals surface area (Å²) in [6.45, 7) is 1.88. The molecule has 5 nitrogen and oxygen atoms in total. The number of amides is 1. The number of nitrogens with one attached hydrogen (secondary N) is 1. The van der Waals surface area contributed by atoms with Gasteiger partial charge in [-0.05, 0) is 0 Å². The lowest BCUT2D eigenvalue weighted by Gasteiger charge is -1.87. The van der Waals surface area contributed by atoms with Gasteiger partial charge in [-0.15, -0.1) is 0 Å². The van der Waals surface area contributed by atoms with E-state index in [1.807, 2.05) is 6.92 Å². The molecule has 60 valence electrons. The minimum Gasteiger partial charge on any atom is -0.352 e. The maximum Gasteiger partial charge on any atom is 0.292 e. The lowest BCUT2D eigenvalue weighted by Crippen LogP contribution is -2.19. The fourth-order valence-corrected chi connectivity index (χ4v) is 0.603. The largest absolute Gasteiger partial charge is 0.352 e. The van der Waals surface area contributed by atoms with E-state index in [0.29, 0.717) is 12.3 Å². The van der Waals surface area contributed by atoms with Gasteiger partial charge in [0.1, 0.15) is 0 Å². The molecule has 0 saturated carbocycles. The molecule has 1 heterocycles. The molecule has 11 heavy (non-hydrogen) atoms. The van der Waals surface area contributed by atoms with Gasteiger partial charge in [0.15, 0.2) is 0 Å². The predicted molar refractivity (Wildman–Crippen MR) is 37.1 cm³/mol. The Balaban J connectivity index is 2.80. The predicted octanol–water partition coefficient (Wildman–Crippen LogP) is -0.00840. The highest BCUT2D eigenvalue weighted by Crippen LogP contribution is 1.96. The SMILES string of the molecule is CCc1nc(C(=O)NC)no1. The van der Waals surface area contributed by atoms with Gasteiger partial charge in [0.25, 0.3) is 11.7 Å². The Kier molecular flexibility index (Phi) is 2.20. The number of aryl methyl sites for hydroxylation is 1. The summed E-state index contributed by atoms with van der Waals surface area (Å²) in [5.74, 6) is 0.237. The molecule has 0 aromatic carbocycles. The summed E-state index contributed by atoms with van der Waals surface area (Å²) < 4.78 is 4.71. The first-order valence-corrected chi connectivity index (χ1v) is 3.32. The molecule has 0 atom stereocenters. The molecule has 0 spiro atoms. The van der Waals surface area contributed by atoms with Crippen molar-refractivity contribution in [3.05, 3.63) is 11.7 Å². The normalized spacial score (nSPS) is 9.64. The second kappa shape index (κ2) is 3.14. The quantitative estimate of drug-likeness (QED) is 0.652. The standard InChI is InChI=1S/C6H9N3O2/c1-3-4-8-5(9-11-4)6(10)7-2/h3H2,1-2H3,(H,7,10). The van der Waals surface area contributed by atoms with Gasteiger partial charge in [0.05, 0.1) is 0 Å². The zero-order valence-electron chi connectivity index (χ0n) is 6.42. The van der Waals surface area contributed by atoms with Gasteiger partial charge in [-0.2, -0.15) is 4.98 Å². The van der Waals surface area contributed by atoms with Gasteiger partial charge >= 0.3 is 0 Å². The van der Waals surface area contributed by atoms with Gasteiger partial charge in [0.2, 0.25) is 5.89 Å². The van der Waals surface area contributed by atoms with E-state index in [1.54, 1.807) is 0 Å². The van der Waals surface area contributed by atoms with Crippen LogP contribution in [0.4, 0.5) is 0 Å². The highest BCUT2D eigenvalue weighted by atomic mass is 16.5. The summed E-state index contributed by atoms with van der Waals surface area (Å²) in [5.41, 5.74) is 0. The summed E-state index contributed by atoms with van der Waals surface area (Å²) in [6, 6.07) is 0. The molecule has 1 aromatic rings. The van der Waals surface area contributed by atoms with Crippen molar-refractivity contribution in [2.75, 3.05) is 7.05 Å². The molecule has 0 fully saturated rings. The van der Waals surface area contributed by atoms with Gasteiger partial charge in [0, 0.05) is 13.5 Å². The average Bonchev–Trinajstić information content (AvgIpc) is 2.50. The Morgan fingerprint density at radius 2 is 2.45 bits per heavy atom. The first-order valence-electron chi connectivity index (χ1n) is 3.32. The van der Waals surface area contributed by atoms with Crippen LogP contribution in [0.15, 0.2) is 4.52 Å². The number of rotatable bonds is 2. The fraction of sp³-hybridized carbons (Fsp3) is 0.500. The minimum absolute atomic E-state index is 0.0874. The Labute approximate surface area is 63.8 Å². The Bertz CT molecular complexity index is 256. The van der Waals surface area contributed by atoms with Crippen LogP contribution in [0.5, 0.6) is 0 Å². The van der Waals surface area contributed by atoms with Crippen molar-refractivity contribution in [1.82, 2.24) is 15.5 Å². The van der Waals surface area contributed by atoms with E-state index in [2.05, 4.69) is 15.5 Å². The Morgan fingerprint density at radius 1 is 1.73 bits per heavy atom. The second-order valence-electron chi connectivity index (χ2n) is 1.94. The monoisotopic (exact) mass is 155 g/mol. The molecule has 0 radical (unpaired) electrons. The van der Waals surface area contributed by atoms with Gasteiger partial charge < -0.3 is 9.84 Å². The van der Waals surface area contributed by atoms with Crippen LogP contribution in [0.3, 0.4) is 0 Å². The number of aromatic nitrogens is 2. The highest BCUT2D eigenvalue weighted by Gasteiger charge is 2.10. The molecule has 0 aliphatic rings. The Hall–Kier alpha value is -1.39. The zero-order valence-corrected chi connectivity index (χ0v) is 6.42. The van der Waals surface area contributed by atoms with Crippen molar-refractivity contribution >= 4 is 5.91 Å². The van der Waals surface area contributed by atoms with E-state index in [1.165, 1.54) is 7.05 Å². The first kappa shape index (κ1) is 7.71. The number of carbonyl (C=O) groups excluding carboxylic acids is 1. The van der Waals surface area contributed by atoms with Crippen LogP contribution in [0.25, 0.3) is 0 Å². The van der Waals surface area contributed by atoms with Crippen LogP contribution in [-0.2, 0) is 6.42 Å². The molecule has 1 N–H and O–H groups in total. The van der Waals surface area contributed by atoms with E-state index < -0.39 is 0 Å². The molecule has 0 bridgehead atoms. The molecule has 0 saturated heterocycles. The number of hydrogen-bond donors (Lipinski definition) is 1. The van der Waals surface area contributed by atoms with E-state index in [-0.39, 0.29) is 11.7 Å². The van der Waals surface area contributed by atoms with E-state index in [0.717, 1.165) is 0 Å². The second-order valence-corrected chi connectivity index (χ2v) is 1.94. The van der Waals surface area contributed by atoms with Crippen molar-refractivity contribution in [1.29, 1.82) is 0 Å². The van der Waals surface area contributed by atoms with E-state index in [9.17, 15) is 4.79 Å². The maximum absolute atomic E-state index is 10.8. The van der Waals surface area contributed by atoms with Crippen LogP contribution in [0.2, 0.25) is 0 Å². The van der Waals surface area contributed by atoms with Crippen molar-refractivity contribution < 1.29 is 9.32 Å². The molecule has 5 heteroatoms. The van der Waals surface area contributed by atoms with Gasteiger partial charge in [-0.25, -0.2) is 0 Å². The van der Waals surface area contributed by atoms with Gasteiger partial charge in [-0.3, -0.25) is 4.79 Å². The van der Waals surface area contributed by atoms with E-state index in [4.69, 9.17) is 4.52 Å². The van der Waals surface area contributed by atoms with Crippen LogP contribution < -0.4 is 5.32 Å². The van der Waals surface area contributed by atoms with Gasteiger partial charge in [-0.1, -0.05) is 12.1 Å². The van der Waals surface area contributed by atoms with Crippen LogP contribution in [0, 0.1) is 0 Å². The summed E-state index contributed by atoms with van der Waals surface area (Å²) in [5, 5.41) is 5.85. The number of hydrogen-bond acceptors (Lipinski definition) is 4. The van der Waals surface area contributed by atoms with Crippen molar-refractivity contribution in [3.8, 4) is 0 Å². The van der Waals surface area contributed by atoms with Crippen LogP contribution in [0.1, 0.15) is 23.4 Å². The smallest absolute Gasteiger partial charge is 0.292 e. The summed E-state index contributed by atoms with van der Waals surface area (Å²) in [6.07, 6.45) is 0.643. The summed E-state index contributed by atoms with van der Waals surface area (Å²) in [7, 11) is 1.52. The molecule has 0 aliphatic carbocycles. The van der Waals surface area contributed by atoms with Crippen molar-refractivity contribution in [2.24, 2.45) is 0 Å². The molecule has 0 aliphatic heterocycles. The molecular formula is C6H9N3O2. The molecule has 0 unspecified atom stereocenters. The zero-order chi connectivity index (χ0) is 8.27. The molecular weight excluding hydrogens is 146 g/mol. The third-order valence-corrected chi connectivity index (χ3v) is 1.20. The van der Waals surface area contributed by atoms with Crippen LogP contribution in [-0.4, -0.2) is 23.1 Å². The highest BCUT2D eigenvalue weighted by molar-refractivity contribution is 5.89. The molecule has 1 amide bonds. The molecule has 1 aromatic heterocycles. The first-order chi connectivity index (χ1) is 5.27. The minimum atomic E-state index is -0.326. The Morgan fingerprint density at radius 3 is 2.91 bits per heavy atom. The molecule has 1 rings (SSSR count). The fourth-order valence-electron chi connectivity index (χ4n) is 0.603. The maximum atomic E-state index is 10.8. The number of carbonyl (C=O) groups is 1. The summed E-state index contributed by atoms with van der Waals surface area (Å²) in [4.78, 5) is 14.7. The summed E-state index contributed by atoms with van der Waals surface area (Å²) >= 11 is 0. The number of nitrogens with zero attached hydrogens (tertiary/aromatic N) is 2.